The van der Waals surface area contributed by atoms with Crippen molar-refractivity contribution in [3.8, 4) is 0 Å². The van der Waals surface area contributed by atoms with Crippen LogP contribution in [0.3, 0.4) is 0 Å². The molecular formula is C13H12BrFO. The van der Waals surface area contributed by atoms with Gasteiger partial charge in [0.2, 0.25) is 0 Å². The van der Waals surface area contributed by atoms with Gasteiger partial charge in [0.25, 0.3) is 0 Å². The van der Waals surface area contributed by atoms with E-state index >= 15 is 0 Å². The minimum Gasteiger partial charge on any atom is -0.299 e. The lowest BCUT2D eigenvalue weighted by molar-refractivity contribution is -0.118. The molecule has 0 amide bonds. The smallest absolute Gasteiger partial charge is 0.136 e. The van der Waals surface area contributed by atoms with Gasteiger partial charge < -0.3 is 0 Å². The molecule has 0 aliphatic heterocycles. The Morgan fingerprint density at radius 3 is 2.81 bits per heavy atom. The van der Waals surface area contributed by atoms with E-state index in [4.69, 9.17) is 0 Å². The van der Waals surface area contributed by atoms with Crippen molar-refractivity contribution in [2.45, 2.75) is 25.7 Å². The second kappa shape index (κ2) is 4.91. The molecule has 0 N–H and O–H groups in total. The van der Waals surface area contributed by atoms with E-state index in [-0.39, 0.29) is 5.82 Å². The molecule has 1 aromatic carbocycles. The molecule has 1 aliphatic carbocycles. The van der Waals surface area contributed by atoms with Crippen molar-refractivity contribution in [2.24, 2.45) is 0 Å². The second-order valence-electron chi connectivity index (χ2n) is 4.02. The molecule has 0 unspecified atom stereocenters. The molecule has 0 heterocycles. The maximum absolute atomic E-state index is 13.1. The highest BCUT2D eigenvalue weighted by Crippen LogP contribution is 2.24. The first-order valence-electron chi connectivity index (χ1n) is 5.28. The average Bonchev–Trinajstić information content (AvgIpc) is 2.27. The van der Waals surface area contributed by atoms with Crippen molar-refractivity contribution in [2.75, 3.05) is 0 Å². The van der Waals surface area contributed by atoms with Gasteiger partial charge >= 0.3 is 0 Å². The monoisotopic (exact) mass is 282 g/mol. The average molecular weight is 283 g/mol. The van der Waals surface area contributed by atoms with Gasteiger partial charge in [-0.15, -0.1) is 0 Å². The standard InChI is InChI=1S/C13H12BrFO/c14-13-6-3-11(15)8-10(13)7-9-1-4-12(16)5-2-9/h1,3,6,8H,2,4-5,7H2. The molecule has 3 heteroatoms. The summed E-state index contributed by atoms with van der Waals surface area (Å²) < 4.78 is 14.0. The Hall–Kier alpha value is -0.960. The van der Waals surface area contributed by atoms with E-state index in [1.165, 1.54) is 11.6 Å². The number of hydrogen-bond donors (Lipinski definition) is 0. The molecule has 0 radical (unpaired) electrons. The number of rotatable bonds is 2. The number of halogens is 2. The highest BCUT2D eigenvalue weighted by Gasteiger charge is 2.12. The molecule has 0 saturated heterocycles. The van der Waals surface area contributed by atoms with Crippen LogP contribution in [-0.4, -0.2) is 5.78 Å². The van der Waals surface area contributed by atoms with Crippen molar-refractivity contribution in [1.82, 2.24) is 0 Å². The normalized spacial score (nSPS) is 16.1. The number of carbonyl (C=O) groups is 1. The van der Waals surface area contributed by atoms with Crippen LogP contribution in [0.1, 0.15) is 24.8 Å². The molecule has 0 bridgehead atoms. The van der Waals surface area contributed by atoms with Gasteiger partial charge in [-0.05, 0) is 36.6 Å². The molecule has 0 aromatic heterocycles. The van der Waals surface area contributed by atoms with Crippen LogP contribution in [0, 0.1) is 5.82 Å². The molecule has 16 heavy (non-hydrogen) atoms. The van der Waals surface area contributed by atoms with Gasteiger partial charge in [-0.2, -0.15) is 0 Å². The summed E-state index contributed by atoms with van der Waals surface area (Å²) in [6.45, 7) is 0. The van der Waals surface area contributed by atoms with Gasteiger partial charge in [-0.3, -0.25) is 4.79 Å². The van der Waals surface area contributed by atoms with E-state index in [1.54, 1.807) is 12.1 Å². The quantitative estimate of drug-likeness (QED) is 0.754. The molecule has 0 saturated carbocycles. The Balaban J connectivity index is 2.15. The predicted octanol–water partition coefficient (Wildman–Crippen LogP) is 3.81. The zero-order valence-electron chi connectivity index (χ0n) is 8.80. The van der Waals surface area contributed by atoms with Gasteiger partial charge in [-0.1, -0.05) is 27.6 Å². The van der Waals surface area contributed by atoms with E-state index in [2.05, 4.69) is 15.9 Å². The summed E-state index contributed by atoms with van der Waals surface area (Å²) in [5.74, 6) is 0.0766. The summed E-state index contributed by atoms with van der Waals surface area (Å²) in [4.78, 5) is 11.1. The molecule has 0 fully saturated rings. The minimum atomic E-state index is -0.217. The van der Waals surface area contributed by atoms with E-state index in [1.807, 2.05) is 6.08 Å². The molecular weight excluding hydrogens is 271 g/mol. The maximum Gasteiger partial charge on any atom is 0.136 e. The van der Waals surface area contributed by atoms with Crippen LogP contribution in [0.4, 0.5) is 4.39 Å². The van der Waals surface area contributed by atoms with Gasteiger partial charge in [0.1, 0.15) is 11.6 Å². The van der Waals surface area contributed by atoms with E-state index in [9.17, 15) is 9.18 Å². The van der Waals surface area contributed by atoms with Gasteiger partial charge in [0.15, 0.2) is 0 Å². The second-order valence-corrected chi connectivity index (χ2v) is 4.87. The third-order valence-electron chi connectivity index (χ3n) is 2.77. The van der Waals surface area contributed by atoms with E-state index < -0.39 is 0 Å². The van der Waals surface area contributed by atoms with E-state index in [0.29, 0.717) is 18.6 Å². The van der Waals surface area contributed by atoms with Crippen molar-refractivity contribution in [1.29, 1.82) is 0 Å². The van der Waals surface area contributed by atoms with Crippen LogP contribution >= 0.6 is 15.9 Å². The Labute approximate surface area is 102 Å². The topological polar surface area (TPSA) is 17.1 Å². The lowest BCUT2D eigenvalue weighted by Gasteiger charge is -2.13. The molecule has 1 aliphatic rings. The molecule has 2 rings (SSSR count). The zero-order valence-corrected chi connectivity index (χ0v) is 10.4. The van der Waals surface area contributed by atoms with Crippen LogP contribution in [-0.2, 0) is 11.2 Å². The Bertz CT molecular complexity index is 451. The number of benzene rings is 1. The molecule has 0 spiro atoms. The van der Waals surface area contributed by atoms with Gasteiger partial charge in [-0.25, -0.2) is 4.39 Å². The fraction of sp³-hybridized carbons (Fsp3) is 0.308. The van der Waals surface area contributed by atoms with E-state index in [0.717, 1.165) is 22.9 Å². The zero-order chi connectivity index (χ0) is 11.5. The number of carbonyl (C=O) groups excluding carboxylic acids is 1. The van der Waals surface area contributed by atoms with Crippen molar-refractivity contribution in [3.05, 3.63) is 45.7 Å². The van der Waals surface area contributed by atoms with Gasteiger partial charge in [0, 0.05) is 17.3 Å². The summed E-state index contributed by atoms with van der Waals surface area (Å²) in [5, 5.41) is 0. The van der Waals surface area contributed by atoms with Crippen LogP contribution in [0.15, 0.2) is 34.3 Å². The van der Waals surface area contributed by atoms with Crippen molar-refractivity contribution >= 4 is 21.7 Å². The Kier molecular flexibility index (Phi) is 3.54. The summed E-state index contributed by atoms with van der Waals surface area (Å²) in [7, 11) is 0. The SMILES string of the molecule is O=C1CC=C(Cc2cc(F)ccc2Br)CC1. The molecule has 84 valence electrons. The molecule has 1 aromatic rings. The largest absolute Gasteiger partial charge is 0.299 e. The van der Waals surface area contributed by atoms with Crippen molar-refractivity contribution < 1.29 is 9.18 Å². The van der Waals surface area contributed by atoms with Crippen LogP contribution in [0.25, 0.3) is 0 Å². The number of ketones is 1. The van der Waals surface area contributed by atoms with Gasteiger partial charge in [0.05, 0.1) is 0 Å². The summed E-state index contributed by atoms with van der Waals surface area (Å²) in [6.07, 6.45) is 4.66. The van der Waals surface area contributed by atoms with Crippen LogP contribution in [0.2, 0.25) is 0 Å². The minimum absolute atomic E-state index is 0.217. The first kappa shape index (κ1) is 11.5. The fourth-order valence-electron chi connectivity index (χ4n) is 1.85. The summed E-state index contributed by atoms with van der Waals surface area (Å²) in [6, 6.07) is 4.70. The first-order chi connectivity index (χ1) is 7.65. The third kappa shape index (κ3) is 2.79. The Morgan fingerprint density at radius 2 is 2.12 bits per heavy atom. The predicted molar refractivity (Wildman–Crippen MR) is 64.7 cm³/mol. The Morgan fingerprint density at radius 1 is 1.31 bits per heavy atom. The van der Waals surface area contributed by atoms with Crippen LogP contribution < -0.4 is 0 Å². The highest BCUT2D eigenvalue weighted by molar-refractivity contribution is 9.10. The maximum atomic E-state index is 13.1. The number of Topliss-reactive ketones (excluding diaryl/α,β-unsaturated/α-hetero) is 1. The third-order valence-corrected chi connectivity index (χ3v) is 3.54. The first-order valence-corrected chi connectivity index (χ1v) is 6.08. The number of hydrogen-bond acceptors (Lipinski definition) is 1. The summed E-state index contributed by atoms with van der Waals surface area (Å²) in [5.41, 5.74) is 2.17. The number of allylic oxidation sites excluding steroid dienone is 2. The lowest BCUT2D eigenvalue weighted by Crippen LogP contribution is -2.05. The van der Waals surface area contributed by atoms with Crippen molar-refractivity contribution in [3.63, 3.8) is 0 Å². The summed E-state index contributed by atoms with van der Waals surface area (Å²) >= 11 is 3.41. The molecule has 1 nitrogen and oxygen atoms in total. The van der Waals surface area contributed by atoms with Crippen LogP contribution in [0.5, 0.6) is 0 Å². The fourth-order valence-corrected chi connectivity index (χ4v) is 2.23. The molecule has 0 atom stereocenters. The highest BCUT2D eigenvalue weighted by atomic mass is 79.9. The lowest BCUT2D eigenvalue weighted by atomic mass is 9.93.